The Kier molecular flexibility index (Phi) is 19.3. The molecule has 3 aliphatic heterocycles. The molecule has 16 heteroatoms. The van der Waals surface area contributed by atoms with Gasteiger partial charge in [-0.25, -0.2) is 0 Å². The normalized spacial score (nSPS) is 46.4. The van der Waals surface area contributed by atoms with E-state index in [1.807, 2.05) is 46.7 Å². The molecule has 0 aromatic heterocycles. The number of esters is 1. The first-order valence-electron chi connectivity index (χ1n) is 21.3. The monoisotopic (exact) mass is 837 g/mol. The highest BCUT2D eigenvalue weighted by Crippen LogP contribution is 2.41. The summed E-state index contributed by atoms with van der Waals surface area (Å²) in [6, 6.07) is -0.787. The van der Waals surface area contributed by atoms with E-state index in [9.17, 15) is 30.3 Å². The van der Waals surface area contributed by atoms with Gasteiger partial charge in [-0.15, -0.1) is 0 Å². The van der Waals surface area contributed by atoms with Crippen molar-refractivity contribution in [3.8, 4) is 0 Å². The zero-order valence-corrected chi connectivity index (χ0v) is 37.8. The second-order valence-electron chi connectivity index (χ2n) is 18.3. The quantitative estimate of drug-likeness (QED) is 0.109. The van der Waals surface area contributed by atoms with Gasteiger partial charge in [0.2, 0.25) is 0 Å². The van der Waals surface area contributed by atoms with Crippen LogP contribution in [-0.4, -0.2) is 181 Å². The molecule has 3 fully saturated rings. The number of nitrogens with zero attached hydrogens (tertiary/aromatic N) is 1. The zero-order chi connectivity index (χ0) is 43.9. The molecule has 0 aromatic rings. The second-order valence-corrected chi connectivity index (χ2v) is 18.3. The maximum absolute atomic E-state index is 14.4. The second kappa shape index (κ2) is 21.8. The summed E-state index contributed by atoms with van der Waals surface area (Å²) in [5, 5.41) is 63.0. The third kappa shape index (κ3) is 12.3. The number of ether oxygens (including phenoxy) is 8. The van der Waals surface area contributed by atoms with Crippen molar-refractivity contribution in [1.29, 1.82) is 0 Å². The molecule has 19 atom stereocenters. The van der Waals surface area contributed by atoms with Gasteiger partial charge in [0.05, 0.1) is 67.5 Å². The molecule has 3 rings (SSSR count). The van der Waals surface area contributed by atoms with Crippen LogP contribution >= 0.6 is 0 Å². The van der Waals surface area contributed by atoms with Crippen molar-refractivity contribution in [2.24, 2.45) is 23.7 Å². The molecule has 342 valence electrons. The van der Waals surface area contributed by atoms with Crippen LogP contribution in [0.25, 0.3) is 0 Å². The molecule has 3 aliphatic rings. The fourth-order valence-corrected chi connectivity index (χ4v) is 9.53. The largest absolute Gasteiger partial charge is 0.459 e. The number of rotatable bonds is 14. The van der Waals surface area contributed by atoms with Crippen LogP contribution < -0.4 is 5.32 Å². The Balaban J connectivity index is 2.19. The number of methoxy groups -OCH3 is 2. The van der Waals surface area contributed by atoms with E-state index in [0.29, 0.717) is 32.8 Å². The number of carbonyl (C=O) groups is 1. The molecule has 0 aromatic carbocycles. The number of aliphatic hydroxyl groups is 5. The molecule has 16 nitrogen and oxygen atoms in total. The summed E-state index contributed by atoms with van der Waals surface area (Å²) in [6.45, 7) is 19.1. The first-order valence-corrected chi connectivity index (χ1v) is 21.3. The Bertz CT molecular complexity index is 1240. The molecule has 0 radical (unpaired) electrons. The van der Waals surface area contributed by atoms with Crippen LogP contribution in [0.5, 0.6) is 0 Å². The Hall–Kier alpha value is -1.09. The van der Waals surface area contributed by atoms with Crippen molar-refractivity contribution in [2.75, 3.05) is 54.7 Å². The van der Waals surface area contributed by atoms with E-state index in [4.69, 9.17) is 37.9 Å². The van der Waals surface area contributed by atoms with Crippen LogP contribution in [-0.2, 0) is 42.7 Å². The van der Waals surface area contributed by atoms with Crippen molar-refractivity contribution in [3.63, 3.8) is 0 Å². The van der Waals surface area contributed by atoms with Gasteiger partial charge in [-0.05, 0) is 80.8 Å². The van der Waals surface area contributed by atoms with Crippen LogP contribution in [0.1, 0.15) is 94.9 Å². The molecule has 0 bridgehead atoms. The van der Waals surface area contributed by atoms with Gasteiger partial charge in [0.1, 0.15) is 23.9 Å². The maximum atomic E-state index is 14.4. The zero-order valence-electron chi connectivity index (χ0n) is 37.8. The standard InChI is InChI=1S/C42H80N2O14/c1-15-30-42(10,50)35(46)25(4)32(43-16-17-53-19-18-51-13)23(2)21-40(8,49)37(58-39-33(45)29(44(11)12)20-24(3)54-39)26(5)34(27(6)38(48)56-30)57-31-22-41(9,52-14)36(47)28(7)55-31/h23-37,39,43,45-47,49-50H,15-22H2,1-14H3/t23-,24?,25+,26+,27-,28?,29?,30-,31?,32+,33?,34+,35-,36?,37-,39?,40-,41?,42-/m1/s1. The summed E-state index contributed by atoms with van der Waals surface area (Å²) >= 11 is 0. The lowest BCUT2D eigenvalue weighted by Crippen LogP contribution is -2.62. The third-order valence-electron chi connectivity index (χ3n) is 13.2. The van der Waals surface area contributed by atoms with Crippen LogP contribution in [0.2, 0.25) is 0 Å². The Labute approximate surface area is 347 Å². The van der Waals surface area contributed by atoms with Crippen LogP contribution in [0.15, 0.2) is 0 Å². The summed E-state index contributed by atoms with van der Waals surface area (Å²) in [4.78, 5) is 16.3. The average molecular weight is 837 g/mol. The smallest absolute Gasteiger partial charge is 0.311 e. The number of likely N-dealkylation sites (N-methyl/N-ethyl adjacent to an activating group) is 1. The van der Waals surface area contributed by atoms with E-state index in [1.54, 1.807) is 41.7 Å². The van der Waals surface area contributed by atoms with Gasteiger partial charge in [-0.3, -0.25) is 4.79 Å². The molecule has 6 N–H and O–H groups in total. The minimum Gasteiger partial charge on any atom is -0.459 e. The minimum atomic E-state index is -1.87. The highest BCUT2D eigenvalue weighted by atomic mass is 16.7. The first-order chi connectivity index (χ1) is 27.0. The van der Waals surface area contributed by atoms with E-state index in [0.717, 1.165) is 0 Å². The van der Waals surface area contributed by atoms with Crippen LogP contribution in [0.3, 0.4) is 0 Å². The van der Waals surface area contributed by atoms with Gasteiger partial charge >= 0.3 is 5.97 Å². The van der Waals surface area contributed by atoms with E-state index >= 15 is 0 Å². The molecule has 0 saturated carbocycles. The van der Waals surface area contributed by atoms with Crippen molar-refractivity contribution in [1.82, 2.24) is 10.2 Å². The van der Waals surface area contributed by atoms with Crippen LogP contribution in [0.4, 0.5) is 0 Å². The van der Waals surface area contributed by atoms with E-state index in [2.05, 4.69) is 5.32 Å². The summed E-state index contributed by atoms with van der Waals surface area (Å²) < 4.78 is 48.7. The maximum Gasteiger partial charge on any atom is 0.311 e. The molecule has 3 heterocycles. The summed E-state index contributed by atoms with van der Waals surface area (Å²) in [5.41, 5.74) is -4.58. The molecule has 58 heavy (non-hydrogen) atoms. The van der Waals surface area contributed by atoms with Crippen molar-refractivity contribution in [2.45, 2.75) is 185 Å². The molecule has 8 unspecified atom stereocenters. The highest BCUT2D eigenvalue weighted by Gasteiger charge is 2.53. The number of cyclic esters (lactones) is 1. The predicted octanol–water partition coefficient (Wildman–Crippen LogP) is 1.84. The lowest BCUT2D eigenvalue weighted by molar-refractivity contribution is -0.318. The van der Waals surface area contributed by atoms with Crippen LogP contribution in [0, 0.1) is 23.7 Å². The van der Waals surface area contributed by atoms with E-state index in [-0.39, 0.29) is 37.3 Å². The molecular weight excluding hydrogens is 756 g/mol. The summed E-state index contributed by atoms with van der Waals surface area (Å²) in [7, 11) is 6.86. The number of aliphatic hydroxyl groups excluding tert-OH is 3. The topological polar surface area (TPSA) is 207 Å². The first kappa shape index (κ1) is 51.3. The predicted molar refractivity (Wildman–Crippen MR) is 216 cm³/mol. The lowest BCUT2D eigenvalue weighted by atomic mass is 9.72. The van der Waals surface area contributed by atoms with E-state index < -0.39 is 102 Å². The number of hydrogen-bond acceptors (Lipinski definition) is 16. The SMILES string of the molecule is CC[C@H]1OC(=O)[C@H](C)[C@@H](OC2CC(C)(OC)C(O)C(C)O2)[C@H](C)[C@@H](OC2OC(C)CC(N(C)C)C2O)[C@](C)(O)C[C@@H](C)[C@H](NCCOCCOC)[C@H](C)[C@@H](O)[C@]1(C)O. The minimum absolute atomic E-state index is 0.115. The number of nitrogens with one attached hydrogen (secondary N) is 1. The van der Waals surface area contributed by atoms with Gasteiger partial charge in [0.25, 0.3) is 0 Å². The molecule has 0 amide bonds. The fourth-order valence-electron chi connectivity index (χ4n) is 9.53. The van der Waals surface area contributed by atoms with Gasteiger partial charge in [-0.2, -0.15) is 0 Å². The molecule has 3 saturated heterocycles. The van der Waals surface area contributed by atoms with Gasteiger partial charge < -0.3 is 73.6 Å². The fraction of sp³-hybridized carbons (Fsp3) is 0.976. The highest BCUT2D eigenvalue weighted by molar-refractivity contribution is 5.73. The third-order valence-corrected chi connectivity index (χ3v) is 13.2. The Morgan fingerprint density at radius 2 is 1.53 bits per heavy atom. The Morgan fingerprint density at radius 1 is 0.879 bits per heavy atom. The molecule has 0 spiro atoms. The Morgan fingerprint density at radius 3 is 2.12 bits per heavy atom. The van der Waals surface area contributed by atoms with Gasteiger partial charge in [0.15, 0.2) is 12.6 Å². The van der Waals surface area contributed by atoms with Crippen molar-refractivity contribution in [3.05, 3.63) is 0 Å². The van der Waals surface area contributed by atoms with Gasteiger partial charge in [-0.1, -0.05) is 27.7 Å². The lowest BCUT2D eigenvalue weighted by Gasteiger charge is -2.49. The average Bonchev–Trinajstić information content (AvgIpc) is 3.15. The summed E-state index contributed by atoms with van der Waals surface area (Å²) in [6.07, 6.45) is -8.77. The van der Waals surface area contributed by atoms with Crippen molar-refractivity contribution < 1.29 is 68.2 Å². The summed E-state index contributed by atoms with van der Waals surface area (Å²) in [5.74, 6) is -3.49. The van der Waals surface area contributed by atoms with Gasteiger partial charge in [0, 0.05) is 51.1 Å². The number of carbonyl (C=O) groups excluding carboxylic acids is 1. The molecule has 0 aliphatic carbocycles. The van der Waals surface area contributed by atoms with E-state index in [1.165, 1.54) is 14.0 Å². The van der Waals surface area contributed by atoms with Crippen molar-refractivity contribution >= 4 is 5.97 Å². The number of hydrogen-bond donors (Lipinski definition) is 6. The molecular formula is C42H80N2O14.